The van der Waals surface area contributed by atoms with Gasteiger partial charge in [-0.05, 0) is 49.4 Å². The molecule has 1 amide bonds. The lowest BCUT2D eigenvalue weighted by Gasteiger charge is -2.33. The van der Waals surface area contributed by atoms with Crippen LogP contribution in [-0.2, 0) is 0 Å². The van der Waals surface area contributed by atoms with Crippen LogP contribution in [0.1, 0.15) is 41.3 Å². The zero-order valence-corrected chi connectivity index (χ0v) is 11.4. The maximum Gasteiger partial charge on any atom is 0.251 e. The summed E-state index contributed by atoms with van der Waals surface area (Å²) in [6.07, 6.45) is 2.13. The maximum absolute atomic E-state index is 12.1. The van der Waals surface area contributed by atoms with Gasteiger partial charge in [0.15, 0.2) is 0 Å². The smallest absolute Gasteiger partial charge is 0.251 e. The van der Waals surface area contributed by atoms with Crippen LogP contribution in [-0.4, -0.2) is 23.7 Å². The van der Waals surface area contributed by atoms with E-state index in [1.54, 1.807) is 6.07 Å². The lowest BCUT2D eigenvalue weighted by Crippen LogP contribution is -2.43. The van der Waals surface area contributed by atoms with E-state index in [0.717, 1.165) is 24.0 Å². The van der Waals surface area contributed by atoms with Crippen molar-refractivity contribution in [1.29, 1.82) is 0 Å². The Morgan fingerprint density at radius 1 is 1.42 bits per heavy atom. The third kappa shape index (κ3) is 3.59. The van der Waals surface area contributed by atoms with Crippen LogP contribution >= 0.6 is 0 Å². The molecule has 1 aromatic carbocycles. The van der Waals surface area contributed by atoms with Crippen molar-refractivity contribution < 1.29 is 9.90 Å². The number of benzene rings is 1. The standard InChI is InChI=1S/C16H19NO2/c1-11-6-13(4-3-5-18)10-14(7-11)16(19)17-15-8-12(2)9-15/h6-7,10,12,15,18H,5,8-9H2,1-2H3,(H,17,19). The third-order valence-corrected chi connectivity index (χ3v) is 3.36. The Balaban J connectivity index is 2.10. The first-order chi connectivity index (χ1) is 9.08. The molecule has 1 saturated carbocycles. The number of carbonyl (C=O) groups is 1. The molecule has 0 atom stereocenters. The quantitative estimate of drug-likeness (QED) is 0.795. The molecular formula is C16H19NO2. The monoisotopic (exact) mass is 257 g/mol. The molecule has 0 spiro atoms. The van der Waals surface area contributed by atoms with E-state index >= 15 is 0 Å². The largest absolute Gasteiger partial charge is 0.384 e. The first kappa shape index (κ1) is 13.6. The molecule has 19 heavy (non-hydrogen) atoms. The highest BCUT2D eigenvalue weighted by molar-refractivity contribution is 5.95. The predicted molar refractivity (Wildman–Crippen MR) is 74.8 cm³/mol. The third-order valence-electron chi connectivity index (χ3n) is 3.36. The second kappa shape index (κ2) is 5.90. The van der Waals surface area contributed by atoms with E-state index in [1.165, 1.54) is 0 Å². The Hall–Kier alpha value is -1.79. The molecule has 2 rings (SSSR count). The van der Waals surface area contributed by atoms with Crippen molar-refractivity contribution in [3.05, 3.63) is 34.9 Å². The Bertz CT molecular complexity index is 533. The van der Waals surface area contributed by atoms with E-state index in [-0.39, 0.29) is 12.5 Å². The van der Waals surface area contributed by atoms with Gasteiger partial charge in [-0.15, -0.1) is 0 Å². The van der Waals surface area contributed by atoms with E-state index in [1.807, 2.05) is 19.1 Å². The van der Waals surface area contributed by atoms with Gasteiger partial charge in [-0.3, -0.25) is 4.79 Å². The lowest BCUT2D eigenvalue weighted by molar-refractivity contribution is 0.0896. The van der Waals surface area contributed by atoms with Gasteiger partial charge in [-0.2, -0.15) is 0 Å². The van der Waals surface area contributed by atoms with Crippen LogP contribution in [0, 0.1) is 24.7 Å². The van der Waals surface area contributed by atoms with Crippen LogP contribution in [0.5, 0.6) is 0 Å². The van der Waals surface area contributed by atoms with E-state index in [4.69, 9.17) is 5.11 Å². The van der Waals surface area contributed by atoms with Crippen molar-refractivity contribution >= 4 is 5.91 Å². The first-order valence-electron chi connectivity index (χ1n) is 6.60. The van der Waals surface area contributed by atoms with E-state index in [9.17, 15) is 4.79 Å². The minimum absolute atomic E-state index is 0.0346. The summed E-state index contributed by atoms with van der Waals surface area (Å²) >= 11 is 0. The molecular weight excluding hydrogens is 238 g/mol. The fourth-order valence-corrected chi connectivity index (χ4v) is 2.42. The Morgan fingerprint density at radius 3 is 2.79 bits per heavy atom. The zero-order valence-electron chi connectivity index (χ0n) is 11.4. The molecule has 0 saturated heterocycles. The molecule has 0 aliphatic heterocycles. The summed E-state index contributed by atoms with van der Waals surface area (Å²) in [7, 11) is 0. The molecule has 3 heteroatoms. The molecule has 1 aliphatic rings. The van der Waals surface area contributed by atoms with Gasteiger partial charge < -0.3 is 10.4 Å². The fourth-order valence-electron chi connectivity index (χ4n) is 2.42. The van der Waals surface area contributed by atoms with Crippen LogP contribution in [0.4, 0.5) is 0 Å². The highest BCUT2D eigenvalue weighted by Gasteiger charge is 2.26. The minimum atomic E-state index is -0.171. The number of carbonyl (C=O) groups excluding carboxylic acids is 1. The second-order valence-electron chi connectivity index (χ2n) is 5.29. The summed E-state index contributed by atoms with van der Waals surface area (Å²) in [6, 6.07) is 5.86. The lowest BCUT2D eigenvalue weighted by atomic mass is 9.82. The van der Waals surface area contributed by atoms with Crippen LogP contribution in [0.15, 0.2) is 18.2 Å². The van der Waals surface area contributed by atoms with Gasteiger partial charge >= 0.3 is 0 Å². The molecule has 0 bridgehead atoms. The van der Waals surface area contributed by atoms with Gasteiger partial charge in [0.2, 0.25) is 0 Å². The van der Waals surface area contributed by atoms with Crippen LogP contribution in [0.3, 0.4) is 0 Å². The number of aliphatic hydroxyl groups is 1. The molecule has 1 aliphatic carbocycles. The van der Waals surface area contributed by atoms with Crippen LogP contribution < -0.4 is 5.32 Å². The number of rotatable bonds is 2. The van der Waals surface area contributed by atoms with Gasteiger partial charge in [-0.1, -0.05) is 18.8 Å². The maximum atomic E-state index is 12.1. The van der Waals surface area contributed by atoms with Gasteiger partial charge in [0.25, 0.3) is 5.91 Å². The zero-order chi connectivity index (χ0) is 13.8. The molecule has 1 aromatic rings. The van der Waals surface area contributed by atoms with E-state index in [2.05, 4.69) is 24.1 Å². The van der Waals surface area contributed by atoms with Gasteiger partial charge in [0.1, 0.15) is 6.61 Å². The molecule has 2 N–H and O–H groups in total. The molecule has 0 aromatic heterocycles. The van der Waals surface area contributed by atoms with Crippen molar-refractivity contribution in [3.8, 4) is 11.8 Å². The summed E-state index contributed by atoms with van der Waals surface area (Å²) in [6.45, 7) is 3.96. The average Bonchev–Trinajstić information content (AvgIpc) is 2.33. The second-order valence-corrected chi connectivity index (χ2v) is 5.29. The van der Waals surface area contributed by atoms with Crippen LogP contribution in [0.25, 0.3) is 0 Å². The normalized spacial score (nSPS) is 21.0. The van der Waals surface area contributed by atoms with Crippen molar-refractivity contribution in [2.24, 2.45) is 5.92 Å². The molecule has 3 nitrogen and oxygen atoms in total. The minimum Gasteiger partial charge on any atom is -0.384 e. The molecule has 100 valence electrons. The van der Waals surface area contributed by atoms with Crippen molar-refractivity contribution in [3.63, 3.8) is 0 Å². The molecule has 0 heterocycles. The highest BCUT2D eigenvalue weighted by Crippen LogP contribution is 2.26. The summed E-state index contributed by atoms with van der Waals surface area (Å²) < 4.78 is 0. The Labute approximate surface area is 114 Å². The molecule has 0 unspecified atom stereocenters. The predicted octanol–water partition coefficient (Wildman–Crippen LogP) is 1.87. The van der Waals surface area contributed by atoms with E-state index in [0.29, 0.717) is 17.5 Å². The van der Waals surface area contributed by atoms with Crippen LogP contribution in [0.2, 0.25) is 0 Å². The number of aryl methyl sites for hydroxylation is 1. The highest BCUT2D eigenvalue weighted by atomic mass is 16.2. The fraction of sp³-hybridized carbons (Fsp3) is 0.438. The van der Waals surface area contributed by atoms with Crippen molar-refractivity contribution in [1.82, 2.24) is 5.32 Å². The van der Waals surface area contributed by atoms with Gasteiger partial charge in [-0.25, -0.2) is 0 Å². The number of hydrogen-bond donors (Lipinski definition) is 2. The van der Waals surface area contributed by atoms with Gasteiger partial charge in [0, 0.05) is 17.2 Å². The molecule has 1 fully saturated rings. The summed E-state index contributed by atoms with van der Waals surface area (Å²) in [5, 5.41) is 11.7. The summed E-state index contributed by atoms with van der Waals surface area (Å²) in [5.41, 5.74) is 2.40. The first-order valence-corrected chi connectivity index (χ1v) is 6.60. The van der Waals surface area contributed by atoms with E-state index < -0.39 is 0 Å². The summed E-state index contributed by atoms with van der Waals surface area (Å²) in [4.78, 5) is 12.1. The summed E-state index contributed by atoms with van der Waals surface area (Å²) in [5.74, 6) is 6.12. The average molecular weight is 257 g/mol. The topological polar surface area (TPSA) is 49.3 Å². The van der Waals surface area contributed by atoms with Crippen molar-refractivity contribution in [2.75, 3.05) is 6.61 Å². The Morgan fingerprint density at radius 2 is 2.16 bits per heavy atom. The number of amides is 1. The van der Waals surface area contributed by atoms with Gasteiger partial charge in [0.05, 0.1) is 0 Å². The van der Waals surface area contributed by atoms with Crippen molar-refractivity contribution in [2.45, 2.75) is 32.7 Å². The molecule has 0 radical (unpaired) electrons. The number of aliphatic hydroxyl groups excluding tert-OH is 1. The SMILES string of the molecule is Cc1cc(C#CCO)cc(C(=O)NC2CC(C)C2)c1. The Kier molecular flexibility index (Phi) is 4.24. The number of hydrogen-bond acceptors (Lipinski definition) is 2. The number of nitrogens with one attached hydrogen (secondary N) is 1.